The third-order valence-corrected chi connectivity index (χ3v) is 4.89. The second-order valence-electron chi connectivity index (χ2n) is 6.31. The summed E-state index contributed by atoms with van der Waals surface area (Å²) in [6.07, 6.45) is 0. The summed E-state index contributed by atoms with van der Waals surface area (Å²) in [7, 11) is 0. The lowest BCUT2D eigenvalue weighted by atomic mass is 10.1. The van der Waals surface area contributed by atoms with E-state index in [0.29, 0.717) is 17.2 Å². The van der Waals surface area contributed by atoms with Crippen molar-refractivity contribution in [2.45, 2.75) is 6.54 Å². The Balaban J connectivity index is 1.46. The van der Waals surface area contributed by atoms with Crippen LogP contribution in [-0.4, -0.2) is 29.5 Å². The Morgan fingerprint density at radius 2 is 1.69 bits per heavy atom. The predicted octanol–water partition coefficient (Wildman–Crippen LogP) is 3.42. The van der Waals surface area contributed by atoms with Crippen LogP contribution >= 0.6 is 15.9 Å². The van der Waals surface area contributed by atoms with Gasteiger partial charge in [-0.1, -0.05) is 51.4 Å². The number of rotatable bonds is 4. The van der Waals surface area contributed by atoms with Crippen molar-refractivity contribution < 1.29 is 4.52 Å². The van der Waals surface area contributed by atoms with Crippen LogP contribution in [0.2, 0.25) is 0 Å². The number of benzene rings is 2. The largest absolute Gasteiger partial charge is 0.367 e. The summed E-state index contributed by atoms with van der Waals surface area (Å²) in [5, 5.41) is 12.7. The molecule has 5 rings (SSSR count). The summed E-state index contributed by atoms with van der Waals surface area (Å²) < 4.78 is 8.79. The number of hydrogen-bond donors (Lipinski definition) is 0. The van der Waals surface area contributed by atoms with Gasteiger partial charge in [0.15, 0.2) is 5.65 Å². The van der Waals surface area contributed by atoms with E-state index in [1.54, 1.807) is 6.07 Å². The summed E-state index contributed by atoms with van der Waals surface area (Å²) >= 11 is 3.39. The second-order valence-corrected chi connectivity index (χ2v) is 7.23. The van der Waals surface area contributed by atoms with Crippen molar-refractivity contribution in [2.75, 3.05) is 0 Å². The van der Waals surface area contributed by atoms with Crippen LogP contribution in [0.5, 0.6) is 0 Å². The first kappa shape index (κ1) is 17.5. The molecule has 5 aromatic rings. The maximum atomic E-state index is 12.7. The van der Waals surface area contributed by atoms with Crippen molar-refractivity contribution in [3.05, 3.63) is 87.6 Å². The Morgan fingerprint density at radius 3 is 2.48 bits per heavy atom. The van der Waals surface area contributed by atoms with Crippen molar-refractivity contribution in [3.63, 3.8) is 0 Å². The van der Waals surface area contributed by atoms with Gasteiger partial charge in [-0.2, -0.15) is 14.6 Å². The van der Waals surface area contributed by atoms with Gasteiger partial charge in [0.2, 0.25) is 11.7 Å². The van der Waals surface area contributed by atoms with E-state index >= 15 is 0 Å². The van der Waals surface area contributed by atoms with Crippen LogP contribution in [0.4, 0.5) is 0 Å². The van der Waals surface area contributed by atoms with Crippen molar-refractivity contribution in [1.29, 1.82) is 0 Å². The number of hydrogen-bond acceptors (Lipinski definition) is 6. The minimum Gasteiger partial charge on any atom is -0.337 e. The van der Waals surface area contributed by atoms with Crippen molar-refractivity contribution in [2.24, 2.45) is 0 Å². The topological polar surface area (TPSA) is 91.1 Å². The Kier molecular flexibility index (Phi) is 4.28. The van der Waals surface area contributed by atoms with Crippen LogP contribution in [0.1, 0.15) is 5.89 Å². The molecule has 0 spiro atoms. The van der Waals surface area contributed by atoms with Gasteiger partial charge in [-0.25, -0.2) is 9.48 Å². The molecule has 3 aromatic heterocycles. The fourth-order valence-electron chi connectivity index (χ4n) is 2.94. The van der Waals surface area contributed by atoms with Gasteiger partial charge >= 0.3 is 5.69 Å². The molecular formula is C20H13BrN6O2. The highest BCUT2D eigenvalue weighted by atomic mass is 79.9. The average molecular weight is 449 g/mol. The first-order valence-corrected chi connectivity index (χ1v) is 9.57. The Labute approximate surface area is 172 Å². The fraction of sp³-hybridized carbons (Fsp3) is 0.0500. The molecule has 0 saturated heterocycles. The summed E-state index contributed by atoms with van der Waals surface area (Å²) in [5.74, 6) is 0.741. The molecule has 0 aliphatic heterocycles. The molecule has 0 aliphatic rings. The Morgan fingerprint density at radius 1 is 0.897 bits per heavy atom. The number of aromatic nitrogens is 6. The van der Waals surface area contributed by atoms with E-state index in [-0.39, 0.29) is 18.1 Å². The van der Waals surface area contributed by atoms with Gasteiger partial charge in [-0.15, -0.1) is 5.10 Å². The van der Waals surface area contributed by atoms with E-state index in [0.717, 1.165) is 15.6 Å². The summed E-state index contributed by atoms with van der Waals surface area (Å²) in [5.41, 5.74) is 2.50. The quantitative estimate of drug-likeness (QED) is 0.418. The highest BCUT2D eigenvalue weighted by molar-refractivity contribution is 9.10. The maximum Gasteiger partial charge on any atom is 0.367 e. The number of nitrogens with zero attached hydrogens (tertiary/aromatic N) is 6. The normalized spacial score (nSPS) is 11.2. The number of fused-ring (bicyclic) bond motifs is 1. The van der Waals surface area contributed by atoms with E-state index in [2.05, 4.69) is 36.3 Å². The second kappa shape index (κ2) is 7.10. The highest BCUT2D eigenvalue weighted by Gasteiger charge is 2.14. The van der Waals surface area contributed by atoms with E-state index < -0.39 is 0 Å². The standard InChI is InChI=1S/C20H13BrN6O2/c21-15-8-6-14(7-9-15)19-22-18(29-25-19)12-26-20(28)27-17(24-26)11-10-16(23-27)13-4-2-1-3-5-13/h1-11H,12H2. The zero-order chi connectivity index (χ0) is 19.8. The molecule has 8 nitrogen and oxygen atoms in total. The molecule has 0 amide bonds. The monoisotopic (exact) mass is 448 g/mol. The zero-order valence-electron chi connectivity index (χ0n) is 14.9. The third kappa shape index (κ3) is 3.36. The van der Waals surface area contributed by atoms with Crippen LogP contribution in [0.3, 0.4) is 0 Å². The minimum absolute atomic E-state index is 0.0619. The molecule has 0 unspecified atom stereocenters. The van der Waals surface area contributed by atoms with E-state index in [9.17, 15) is 4.79 Å². The van der Waals surface area contributed by atoms with Crippen LogP contribution in [0, 0.1) is 0 Å². The van der Waals surface area contributed by atoms with E-state index in [4.69, 9.17) is 4.52 Å². The van der Waals surface area contributed by atoms with E-state index in [1.807, 2.05) is 60.7 Å². The summed E-state index contributed by atoms with van der Waals surface area (Å²) in [6, 6.07) is 20.8. The SMILES string of the molecule is O=c1n(Cc2nc(-c3ccc(Br)cc3)no2)nc2ccc(-c3ccccc3)nn12. The van der Waals surface area contributed by atoms with Gasteiger partial charge in [-0.3, -0.25) is 0 Å². The lowest BCUT2D eigenvalue weighted by Gasteiger charge is -1.99. The predicted molar refractivity (Wildman–Crippen MR) is 109 cm³/mol. The minimum atomic E-state index is -0.374. The first-order chi connectivity index (χ1) is 14.2. The van der Waals surface area contributed by atoms with Crippen molar-refractivity contribution in [3.8, 4) is 22.6 Å². The molecule has 0 atom stereocenters. The van der Waals surface area contributed by atoms with E-state index in [1.165, 1.54) is 9.20 Å². The van der Waals surface area contributed by atoms with Gasteiger partial charge in [-0.05, 0) is 36.4 Å². The van der Waals surface area contributed by atoms with Gasteiger partial charge in [0.05, 0.1) is 5.69 Å². The lowest BCUT2D eigenvalue weighted by Crippen LogP contribution is -2.23. The smallest absolute Gasteiger partial charge is 0.337 e. The summed E-state index contributed by atoms with van der Waals surface area (Å²) in [4.78, 5) is 17.1. The van der Waals surface area contributed by atoms with Gasteiger partial charge < -0.3 is 4.52 Å². The van der Waals surface area contributed by atoms with Crippen molar-refractivity contribution in [1.82, 2.24) is 29.5 Å². The molecule has 0 aliphatic carbocycles. The Hall–Kier alpha value is -3.59. The van der Waals surface area contributed by atoms with Crippen LogP contribution in [0.25, 0.3) is 28.3 Å². The molecule has 142 valence electrons. The molecule has 29 heavy (non-hydrogen) atoms. The molecule has 0 N–H and O–H groups in total. The van der Waals surface area contributed by atoms with Crippen LogP contribution < -0.4 is 5.69 Å². The Bertz CT molecular complexity index is 1360. The van der Waals surface area contributed by atoms with Crippen LogP contribution in [0.15, 0.2) is 80.5 Å². The van der Waals surface area contributed by atoms with Crippen molar-refractivity contribution >= 4 is 21.6 Å². The molecule has 9 heteroatoms. The molecule has 0 fully saturated rings. The van der Waals surface area contributed by atoms with Crippen LogP contribution in [-0.2, 0) is 6.54 Å². The zero-order valence-corrected chi connectivity index (χ0v) is 16.5. The molecular weight excluding hydrogens is 436 g/mol. The maximum absolute atomic E-state index is 12.7. The summed E-state index contributed by atoms with van der Waals surface area (Å²) in [6.45, 7) is 0.0619. The number of halogens is 1. The average Bonchev–Trinajstić information content (AvgIpc) is 3.34. The fourth-order valence-corrected chi connectivity index (χ4v) is 3.20. The molecule has 0 saturated carbocycles. The molecule has 0 bridgehead atoms. The molecule has 3 heterocycles. The third-order valence-electron chi connectivity index (χ3n) is 4.37. The molecule has 0 radical (unpaired) electrons. The highest BCUT2D eigenvalue weighted by Crippen LogP contribution is 2.19. The van der Waals surface area contributed by atoms with Gasteiger partial charge in [0.1, 0.15) is 6.54 Å². The van der Waals surface area contributed by atoms with Gasteiger partial charge in [0.25, 0.3) is 0 Å². The lowest BCUT2D eigenvalue weighted by molar-refractivity contribution is 0.364. The molecule has 2 aromatic carbocycles. The van der Waals surface area contributed by atoms with Gasteiger partial charge in [0, 0.05) is 15.6 Å². The first-order valence-electron chi connectivity index (χ1n) is 8.78.